The van der Waals surface area contributed by atoms with Crippen LogP contribution in [0.3, 0.4) is 0 Å². The van der Waals surface area contributed by atoms with Gasteiger partial charge in [-0.3, -0.25) is 18.9 Å². The van der Waals surface area contributed by atoms with Crippen molar-refractivity contribution >= 4 is 33.2 Å². The topological polar surface area (TPSA) is 108 Å². The quantitative estimate of drug-likeness (QED) is 0.503. The molecule has 1 heterocycles. The van der Waals surface area contributed by atoms with Crippen LogP contribution in [-0.2, 0) is 21.4 Å². The molecular formula is C24H26N4O4S. The number of anilines is 2. The number of benzene rings is 2. The van der Waals surface area contributed by atoms with Crippen LogP contribution in [0.15, 0.2) is 79.1 Å². The number of aromatic nitrogens is 1. The van der Waals surface area contributed by atoms with Crippen LogP contribution in [0.25, 0.3) is 0 Å². The molecular weight excluding hydrogens is 440 g/mol. The Bertz CT molecular complexity index is 1200. The van der Waals surface area contributed by atoms with Gasteiger partial charge in [-0.15, -0.1) is 0 Å². The molecule has 1 atom stereocenters. The zero-order chi connectivity index (χ0) is 23.8. The second kappa shape index (κ2) is 10.7. The lowest BCUT2D eigenvalue weighted by Gasteiger charge is -2.30. The number of nitrogens with zero attached hydrogens (tertiary/aromatic N) is 2. The first-order chi connectivity index (χ1) is 15.8. The van der Waals surface area contributed by atoms with Crippen molar-refractivity contribution in [1.82, 2.24) is 10.3 Å². The van der Waals surface area contributed by atoms with Gasteiger partial charge in [0.15, 0.2) is 0 Å². The molecule has 3 rings (SSSR count). The van der Waals surface area contributed by atoms with E-state index in [-0.39, 0.29) is 24.4 Å². The zero-order valence-electron chi connectivity index (χ0n) is 18.4. The lowest BCUT2D eigenvalue weighted by molar-refractivity contribution is -0.117. The SMILES string of the molecule is CC[C@H](C(=O)Nc1ccccc1C(=O)NCc1cccnc1)N(c1ccccc1)S(C)(=O)=O. The van der Waals surface area contributed by atoms with Gasteiger partial charge < -0.3 is 10.6 Å². The summed E-state index contributed by atoms with van der Waals surface area (Å²) in [5.41, 5.74) is 1.80. The second-order valence-corrected chi connectivity index (χ2v) is 9.26. The summed E-state index contributed by atoms with van der Waals surface area (Å²) in [6.45, 7) is 2.01. The largest absolute Gasteiger partial charge is 0.348 e. The van der Waals surface area contributed by atoms with E-state index in [2.05, 4.69) is 15.6 Å². The minimum absolute atomic E-state index is 0.239. The summed E-state index contributed by atoms with van der Waals surface area (Å²) < 4.78 is 26.2. The van der Waals surface area contributed by atoms with Gasteiger partial charge in [0, 0.05) is 18.9 Å². The van der Waals surface area contributed by atoms with E-state index in [4.69, 9.17) is 0 Å². The number of sulfonamides is 1. The highest BCUT2D eigenvalue weighted by Gasteiger charge is 2.32. The van der Waals surface area contributed by atoms with Gasteiger partial charge in [0.25, 0.3) is 5.91 Å². The minimum Gasteiger partial charge on any atom is -0.348 e. The molecule has 0 saturated carbocycles. The molecule has 0 bridgehead atoms. The van der Waals surface area contributed by atoms with E-state index in [1.54, 1.807) is 80.0 Å². The molecule has 0 aliphatic heterocycles. The molecule has 0 fully saturated rings. The van der Waals surface area contributed by atoms with E-state index in [9.17, 15) is 18.0 Å². The monoisotopic (exact) mass is 466 g/mol. The standard InChI is InChI=1S/C24H26N4O4S/c1-3-22(28(33(2,31)32)19-11-5-4-6-12-19)24(30)27-21-14-8-7-13-20(21)23(29)26-17-18-10-9-15-25-16-18/h4-16,22H,3,17H2,1-2H3,(H,26,29)(H,27,30)/t22-/m1/s1. The third kappa shape index (κ3) is 6.17. The normalized spacial score (nSPS) is 11.9. The van der Waals surface area contributed by atoms with Crippen molar-refractivity contribution in [3.05, 3.63) is 90.3 Å². The predicted molar refractivity (Wildman–Crippen MR) is 128 cm³/mol. The highest BCUT2D eigenvalue weighted by molar-refractivity contribution is 7.92. The van der Waals surface area contributed by atoms with Gasteiger partial charge >= 0.3 is 0 Å². The second-order valence-electron chi connectivity index (χ2n) is 7.40. The number of amides is 2. The summed E-state index contributed by atoms with van der Waals surface area (Å²) in [6.07, 6.45) is 4.61. The maximum atomic E-state index is 13.2. The number of para-hydroxylation sites is 2. The van der Waals surface area contributed by atoms with Crippen molar-refractivity contribution in [3.8, 4) is 0 Å². The highest BCUT2D eigenvalue weighted by Crippen LogP contribution is 2.24. The van der Waals surface area contributed by atoms with Crippen molar-refractivity contribution in [2.75, 3.05) is 15.9 Å². The van der Waals surface area contributed by atoms with Gasteiger partial charge in [-0.1, -0.05) is 43.3 Å². The lowest BCUT2D eigenvalue weighted by Crippen LogP contribution is -2.47. The molecule has 0 spiro atoms. The molecule has 0 saturated heterocycles. The molecule has 2 aromatic carbocycles. The highest BCUT2D eigenvalue weighted by atomic mass is 32.2. The third-order valence-electron chi connectivity index (χ3n) is 4.95. The van der Waals surface area contributed by atoms with E-state index in [1.165, 1.54) is 0 Å². The minimum atomic E-state index is -3.74. The fraction of sp³-hybridized carbons (Fsp3) is 0.208. The first-order valence-electron chi connectivity index (χ1n) is 10.4. The molecule has 3 aromatic rings. The average molecular weight is 467 g/mol. The number of rotatable bonds is 9. The Morgan fingerprint density at radius 1 is 1.00 bits per heavy atom. The molecule has 172 valence electrons. The molecule has 1 aromatic heterocycles. The Hall–Kier alpha value is -3.72. The van der Waals surface area contributed by atoms with Crippen molar-refractivity contribution in [1.29, 1.82) is 0 Å². The van der Waals surface area contributed by atoms with Crippen LogP contribution in [0.4, 0.5) is 11.4 Å². The van der Waals surface area contributed by atoms with Crippen LogP contribution in [0.5, 0.6) is 0 Å². The van der Waals surface area contributed by atoms with E-state index < -0.39 is 22.0 Å². The molecule has 2 amide bonds. The lowest BCUT2D eigenvalue weighted by atomic mass is 10.1. The summed E-state index contributed by atoms with van der Waals surface area (Å²) in [5.74, 6) is -0.898. The van der Waals surface area contributed by atoms with E-state index >= 15 is 0 Å². The van der Waals surface area contributed by atoms with Gasteiger partial charge in [0.1, 0.15) is 6.04 Å². The van der Waals surface area contributed by atoms with Gasteiger partial charge in [-0.25, -0.2) is 8.42 Å². The molecule has 0 aliphatic rings. The predicted octanol–water partition coefficient (Wildman–Crippen LogP) is 3.19. The number of nitrogens with one attached hydrogen (secondary N) is 2. The molecule has 0 unspecified atom stereocenters. The van der Waals surface area contributed by atoms with Crippen LogP contribution in [0.2, 0.25) is 0 Å². The summed E-state index contributed by atoms with van der Waals surface area (Å²) in [5, 5.41) is 5.55. The van der Waals surface area contributed by atoms with Crippen molar-refractivity contribution in [3.63, 3.8) is 0 Å². The smallest absolute Gasteiger partial charge is 0.253 e. The van der Waals surface area contributed by atoms with Crippen molar-refractivity contribution < 1.29 is 18.0 Å². The van der Waals surface area contributed by atoms with E-state index in [0.29, 0.717) is 11.4 Å². The van der Waals surface area contributed by atoms with Gasteiger partial charge in [0.05, 0.1) is 23.2 Å². The fourth-order valence-corrected chi connectivity index (χ4v) is 4.63. The number of pyridine rings is 1. The molecule has 8 nitrogen and oxygen atoms in total. The Kier molecular flexibility index (Phi) is 7.78. The summed E-state index contributed by atoms with van der Waals surface area (Å²) >= 11 is 0. The first kappa shape index (κ1) is 23.9. The number of carbonyl (C=O) groups excluding carboxylic acids is 2. The van der Waals surface area contributed by atoms with Crippen LogP contribution in [0.1, 0.15) is 29.3 Å². The fourth-order valence-electron chi connectivity index (χ4n) is 3.42. The van der Waals surface area contributed by atoms with Crippen LogP contribution >= 0.6 is 0 Å². The number of hydrogen-bond acceptors (Lipinski definition) is 5. The number of hydrogen-bond donors (Lipinski definition) is 2. The Morgan fingerprint density at radius 2 is 1.70 bits per heavy atom. The Balaban J connectivity index is 1.82. The molecule has 33 heavy (non-hydrogen) atoms. The van der Waals surface area contributed by atoms with Crippen molar-refractivity contribution in [2.45, 2.75) is 25.9 Å². The van der Waals surface area contributed by atoms with Crippen LogP contribution in [-0.4, -0.2) is 37.5 Å². The van der Waals surface area contributed by atoms with Crippen LogP contribution < -0.4 is 14.9 Å². The Morgan fingerprint density at radius 3 is 2.33 bits per heavy atom. The number of carbonyl (C=O) groups is 2. The Labute approximate surface area is 193 Å². The van der Waals surface area contributed by atoms with Gasteiger partial charge in [-0.2, -0.15) is 0 Å². The maximum absolute atomic E-state index is 13.2. The molecule has 9 heteroatoms. The van der Waals surface area contributed by atoms with E-state index in [1.807, 2.05) is 6.07 Å². The summed E-state index contributed by atoms with van der Waals surface area (Å²) in [6, 6.07) is 17.7. The van der Waals surface area contributed by atoms with Gasteiger partial charge in [-0.05, 0) is 42.3 Å². The molecule has 2 N–H and O–H groups in total. The van der Waals surface area contributed by atoms with E-state index in [0.717, 1.165) is 16.1 Å². The summed E-state index contributed by atoms with van der Waals surface area (Å²) in [4.78, 5) is 30.0. The summed E-state index contributed by atoms with van der Waals surface area (Å²) in [7, 11) is -3.74. The third-order valence-corrected chi connectivity index (χ3v) is 6.13. The average Bonchev–Trinajstić information content (AvgIpc) is 2.81. The zero-order valence-corrected chi connectivity index (χ0v) is 19.2. The first-order valence-corrected chi connectivity index (χ1v) is 12.3. The van der Waals surface area contributed by atoms with Crippen LogP contribution in [0, 0.1) is 0 Å². The maximum Gasteiger partial charge on any atom is 0.253 e. The van der Waals surface area contributed by atoms with Crippen molar-refractivity contribution in [2.24, 2.45) is 0 Å². The molecule has 0 radical (unpaired) electrons. The molecule has 0 aliphatic carbocycles. The van der Waals surface area contributed by atoms with Gasteiger partial charge in [0.2, 0.25) is 15.9 Å².